The third-order valence-corrected chi connectivity index (χ3v) is 5.70. The van der Waals surface area contributed by atoms with Gasteiger partial charge in [0.05, 0.1) is 5.75 Å². The van der Waals surface area contributed by atoms with Gasteiger partial charge in [-0.1, -0.05) is 31.5 Å². The molecule has 132 valence electrons. The van der Waals surface area contributed by atoms with Crippen LogP contribution in [0, 0.1) is 12.8 Å². The highest BCUT2D eigenvalue weighted by atomic mass is 32.2. The smallest absolute Gasteiger partial charge is 0.321 e. The molecule has 2 aliphatic carbocycles. The second kappa shape index (κ2) is 7.55. The lowest BCUT2D eigenvalue weighted by atomic mass is 9.86. The maximum absolute atomic E-state index is 12.0. The number of aromatic nitrogens is 3. The molecule has 3 rings (SSSR count). The summed E-state index contributed by atoms with van der Waals surface area (Å²) >= 11 is 1.33. The van der Waals surface area contributed by atoms with Gasteiger partial charge in [0.2, 0.25) is 5.91 Å². The molecule has 0 bridgehead atoms. The SMILES string of the molecule is Cc1nnc(SCC(=O)NC(=O)N[C@H]2CCCC[C@@H]2C)n1C1CC1. The number of amides is 3. The monoisotopic (exact) mass is 351 g/mol. The number of nitrogens with zero attached hydrogens (tertiary/aromatic N) is 3. The first-order chi connectivity index (χ1) is 11.5. The number of nitrogens with one attached hydrogen (secondary N) is 2. The van der Waals surface area contributed by atoms with Gasteiger partial charge in [-0.05, 0) is 38.5 Å². The van der Waals surface area contributed by atoms with Gasteiger partial charge in [0.15, 0.2) is 5.16 Å². The van der Waals surface area contributed by atoms with Crippen LogP contribution >= 0.6 is 11.8 Å². The average molecular weight is 351 g/mol. The number of aryl methyl sites for hydroxylation is 1. The molecular weight excluding hydrogens is 326 g/mol. The summed E-state index contributed by atoms with van der Waals surface area (Å²) < 4.78 is 2.09. The first-order valence-electron chi connectivity index (χ1n) is 8.69. The summed E-state index contributed by atoms with van der Waals surface area (Å²) in [5.74, 6) is 1.21. The van der Waals surface area contributed by atoms with Crippen molar-refractivity contribution in [1.82, 2.24) is 25.4 Å². The van der Waals surface area contributed by atoms with Crippen LogP contribution in [0.3, 0.4) is 0 Å². The van der Waals surface area contributed by atoms with Crippen LogP contribution in [0.4, 0.5) is 4.79 Å². The molecule has 2 aliphatic rings. The summed E-state index contributed by atoms with van der Waals surface area (Å²) in [6.45, 7) is 4.07. The molecule has 2 fully saturated rings. The fraction of sp³-hybridized carbons (Fsp3) is 0.750. The Morgan fingerprint density at radius 1 is 1.21 bits per heavy atom. The van der Waals surface area contributed by atoms with E-state index >= 15 is 0 Å². The highest BCUT2D eigenvalue weighted by Gasteiger charge is 2.28. The first kappa shape index (κ1) is 17.3. The molecule has 0 spiro atoms. The number of urea groups is 1. The lowest BCUT2D eigenvalue weighted by molar-refractivity contribution is -0.117. The van der Waals surface area contributed by atoms with Crippen molar-refractivity contribution in [2.75, 3.05) is 5.75 Å². The summed E-state index contributed by atoms with van der Waals surface area (Å²) in [6.07, 6.45) is 6.75. The number of imide groups is 1. The highest BCUT2D eigenvalue weighted by Crippen LogP contribution is 2.38. The van der Waals surface area contributed by atoms with Crippen molar-refractivity contribution in [2.45, 2.75) is 69.6 Å². The maximum Gasteiger partial charge on any atom is 0.321 e. The van der Waals surface area contributed by atoms with Gasteiger partial charge in [-0.3, -0.25) is 10.1 Å². The molecule has 1 aromatic rings. The average Bonchev–Trinajstić information content (AvgIpc) is 3.30. The Morgan fingerprint density at radius 2 is 1.96 bits per heavy atom. The molecule has 1 aromatic heterocycles. The van der Waals surface area contributed by atoms with Crippen LogP contribution in [0.2, 0.25) is 0 Å². The molecule has 2 N–H and O–H groups in total. The van der Waals surface area contributed by atoms with E-state index < -0.39 is 0 Å². The van der Waals surface area contributed by atoms with Gasteiger partial charge in [-0.25, -0.2) is 4.79 Å². The normalized spacial score (nSPS) is 23.8. The van der Waals surface area contributed by atoms with E-state index in [2.05, 4.69) is 32.3 Å². The Bertz CT molecular complexity index is 614. The van der Waals surface area contributed by atoms with E-state index in [4.69, 9.17) is 0 Å². The number of hydrogen-bond donors (Lipinski definition) is 2. The third-order valence-electron chi connectivity index (χ3n) is 4.76. The predicted octanol–water partition coefficient (Wildman–Crippen LogP) is 2.42. The van der Waals surface area contributed by atoms with E-state index in [1.54, 1.807) is 0 Å². The minimum Gasteiger partial charge on any atom is -0.335 e. The minimum atomic E-state index is -0.390. The van der Waals surface area contributed by atoms with E-state index in [1.165, 1.54) is 18.2 Å². The van der Waals surface area contributed by atoms with Crippen molar-refractivity contribution in [3.05, 3.63) is 5.82 Å². The van der Waals surface area contributed by atoms with Gasteiger partial charge in [0, 0.05) is 12.1 Å². The zero-order valence-corrected chi connectivity index (χ0v) is 15.1. The van der Waals surface area contributed by atoms with E-state index in [-0.39, 0.29) is 23.7 Å². The summed E-state index contributed by atoms with van der Waals surface area (Å²) in [4.78, 5) is 24.0. The molecule has 7 nitrogen and oxygen atoms in total. The van der Waals surface area contributed by atoms with Crippen LogP contribution < -0.4 is 10.6 Å². The van der Waals surface area contributed by atoms with Gasteiger partial charge in [0.1, 0.15) is 5.82 Å². The third kappa shape index (κ3) is 4.28. The van der Waals surface area contributed by atoms with E-state index in [1.807, 2.05) is 6.92 Å². The Morgan fingerprint density at radius 3 is 2.67 bits per heavy atom. The first-order valence-corrected chi connectivity index (χ1v) is 9.68. The van der Waals surface area contributed by atoms with Crippen LogP contribution in [0.5, 0.6) is 0 Å². The molecule has 2 saturated carbocycles. The number of rotatable bonds is 5. The van der Waals surface area contributed by atoms with Gasteiger partial charge in [-0.15, -0.1) is 10.2 Å². The molecule has 0 aliphatic heterocycles. The van der Waals surface area contributed by atoms with Crippen LogP contribution in [0.15, 0.2) is 5.16 Å². The van der Waals surface area contributed by atoms with Crippen molar-refractivity contribution in [2.24, 2.45) is 5.92 Å². The number of thioether (sulfide) groups is 1. The van der Waals surface area contributed by atoms with Crippen LogP contribution in [0.25, 0.3) is 0 Å². The Kier molecular flexibility index (Phi) is 5.43. The number of carbonyl (C=O) groups is 2. The Labute approximate surface area is 146 Å². The summed E-state index contributed by atoms with van der Waals surface area (Å²) in [7, 11) is 0. The lowest BCUT2D eigenvalue weighted by Gasteiger charge is -2.29. The lowest BCUT2D eigenvalue weighted by Crippen LogP contribution is -2.48. The van der Waals surface area contributed by atoms with Crippen LogP contribution in [-0.2, 0) is 4.79 Å². The van der Waals surface area contributed by atoms with Crippen molar-refractivity contribution in [1.29, 1.82) is 0 Å². The van der Waals surface area contributed by atoms with Crippen molar-refractivity contribution in [3.63, 3.8) is 0 Å². The second-order valence-electron chi connectivity index (χ2n) is 6.81. The predicted molar refractivity (Wildman–Crippen MR) is 91.8 cm³/mol. The standard InChI is InChI=1S/C16H25N5O2S/c1-10-5-3-4-6-13(10)17-15(23)18-14(22)9-24-16-20-19-11(2)21(16)12-7-8-12/h10,12-13H,3-9H2,1-2H3,(H2,17,18,22,23)/t10-,13-/m0/s1. The maximum atomic E-state index is 12.0. The molecular formula is C16H25N5O2S. The zero-order chi connectivity index (χ0) is 17.1. The fourth-order valence-corrected chi connectivity index (χ4v) is 4.08. The van der Waals surface area contributed by atoms with Gasteiger partial charge < -0.3 is 9.88 Å². The van der Waals surface area contributed by atoms with Gasteiger partial charge in [-0.2, -0.15) is 0 Å². The molecule has 0 radical (unpaired) electrons. The Hall–Kier alpha value is -1.57. The van der Waals surface area contributed by atoms with E-state index in [9.17, 15) is 9.59 Å². The molecule has 0 aromatic carbocycles. The van der Waals surface area contributed by atoms with Crippen LogP contribution in [0.1, 0.15) is 57.3 Å². The fourth-order valence-electron chi connectivity index (χ4n) is 3.23. The van der Waals surface area contributed by atoms with Crippen molar-refractivity contribution >= 4 is 23.7 Å². The van der Waals surface area contributed by atoms with E-state index in [0.29, 0.717) is 12.0 Å². The summed E-state index contributed by atoms with van der Waals surface area (Å²) in [6, 6.07) is 0.251. The molecule has 8 heteroatoms. The Balaban J connectivity index is 1.44. The summed E-state index contributed by atoms with van der Waals surface area (Å²) in [5.41, 5.74) is 0. The molecule has 0 unspecified atom stereocenters. The van der Waals surface area contributed by atoms with Gasteiger partial charge in [0.25, 0.3) is 0 Å². The molecule has 0 saturated heterocycles. The summed E-state index contributed by atoms with van der Waals surface area (Å²) in [5, 5.41) is 14.3. The molecule has 1 heterocycles. The quantitative estimate of drug-likeness (QED) is 0.795. The van der Waals surface area contributed by atoms with Crippen LogP contribution in [-0.4, -0.2) is 38.5 Å². The zero-order valence-electron chi connectivity index (χ0n) is 14.2. The molecule has 3 amide bonds. The number of carbonyl (C=O) groups excluding carboxylic acids is 2. The van der Waals surface area contributed by atoms with Crippen molar-refractivity contribution < 1.29 is 9.59 Å². The molecule has 24 heavy (non-hydrogen) atoms. The van der Waals surface area contributed by atoms with Gasteiger partial charge >= 0.3 is 6.03 Å². The topological polar surface area (TPSA) is 88.9 Å². The highest BCUT2D eigenvalue weighted by molar-refractivity contribution is 7.99. The molecule has 2 atom stereocenters. The van der Waals surface area contributed by atoms with Crippen molar-refractivity contribution in [3.8, 4) is 0 Å². The minimum absolute atomic E-state index is 0.165. The van der Waals surface area contributed by atoms with E-state index in [0.717, 1.165) is 43.1 Å². The second-order valence-corrected chi connectivity index (χ2v) is 7.75. The number of hydrogen-bond acceptors (Lipinski definition) is 5. The largest absolute Gasteiger partial charge is 0.335 e.